The maximum atomic E-state index is 3.92. The molecule has 0 bridgehead atoms. The molecule has 1 aliphatic carbocycles. The van der Waals surface area contributed by atoms with E-state index < -0.39 is 0 Å². The minimum atomic E-state index is 0.0922. The summed E-state index contributed by atoms with van der Waals surface area (Å²) in [6.07, 6.45) is 3.01. The Kier molecular flexibility index (Phi) is 2.19. The highest BCUT2D eigenvalue weighted by Gasteiger charge is 2.37. The second kappa shape index (κ2) is 3.59. The van der Waals surface area contributed by atoms with Crippen LogP contribution in [-0.2, 0) is 5.41 Å². The highest BCUT2D eigenvalue weighted by Crippen LogP contribution is 2.50. The molecule has 0 radical (unpaired) electrons. The van der Waals surface area contributed by atoms with Crippen LogP contribution in [0.2, 0.25) is 0 Å². The molecule has 0 fully saturated rings. The van der Waals surface area contributed by atoms with Gasteiger partial charge in [0, 0.05) is 5.41 Å². The number of hydrogen-bond acceptors (Lipinski definition) is 0. The summed E-state index contributed by atoms with van der Waals surface area (Å²) < 4.78 is 0. The van der Waals surface area contributed by atoms with Gasteiger partial charge in [-0.2, -0.15) is 0 Å². The van der Waals surface area contributed by atoms with Crippen molar-refractivity contribution in [2.45, 2.75) is 18.8 Å². The van der Waals surface area contributed by atoms with E-state index in [2.05, 4.69) is 62.0 Å². The van der Waals surface area contributed by atoms with Gasteiger partial charge in [-0.25, -0.2) is 0 Å². The van der Waals surface area contributed by atoms with Crippen molar-refractivity contribution >= 4 is 0 Å². The van der Waals surface area contributed by atoms with Crippen molar-refractivity contribution in [3.63, 3.8) is 0 Å². The number of allylic oxidation sites excluding steroid dienone is 1. The third-order valence-electron chi connectivity index (χ3n) is 3.89. The van der Waals surface area contributed by atoms with Gasteiger partial charge in [-0.1, -0.05) is 61.5 Å². The van der Waals surface area contributed by atoms with E-state index in [-0.39, 0.29) is 5.41 Å². The van der Waals surface area contributed by atoms with Crippen molar-refractivity contribution in [2.24, 2.45) is 0 Å². The average molecular weight is 220 g/mol. The molecule has 84 valence electrons. The lowest BCUT2D eigenvalue weighted by Gasteiger charge is -2.25. The van der Waals surface area contributed by atoms with Crippen molar-refractivity contribution in [3.05, 3.63) is 72.3 Å². The van der Waals surface area contributed by atoms with Gasteiger partial charge in [0.05, 0.1) is 0 Å². The Morgan fingerprint density at radius 2 is 1.41 bits per heavy atom. The summed E-state index contributed by atoms with van der Waals surface area (Å²) in [5, 5.41) is 0. The molecule has 1 aliphatic rings. The predicted octanol–water partition coefficient (Wildman–Crippen LogP) is 4.55. The second-order valence-electron chi connectivity index (χ2n) is 4.92. The molecule has 0 N–H and O–H groups in total. The fourth-order valence-corrected chi connectivity index (χ4v) is 3.05. The van der Waals surface area contributed by atoms with Gasteiger partial charge in [-0.05, 0) is 28.7 Å². The minimum absolute atomic E-state index is 0.0922. The highest BCUT2D eigenvalue weighted by molar-refractivity contribution is 5.80. The summed E-state index contributed by atoms with van der Waals surface area (Å²) in [4.78, 5) is 0. The van der Waals surface area contributed by atoms with Crippen LogP contribution in [0.3, 0.4) is 0 Å². The minimum Gasteiger partial charge on any atom is -0.103 e. The van der Waals surface area contributed by atoms with Crippen LogP contribution in [-0.4, -0.2) is 0 Å². The third kappa shape index (κ3) is 1.30. The maximum Gasteiger partial charge on any atom is 0.0221 e. The molecule has 2 aromatic rings. The Bertz CT molecular complexity index is 533. The molecular weight excluding hydrogens is 204 g/mol. The number of benzene rings is 2. The topological polar surface area (TPSA) is 0 Å². The van der Waals surface area contributed by atoms with Crippen molar-refractivity contribution in [1.29, 1.82) is 0 Å². The molecule has 0 heteroatoms. The first kappa shape index (κ1) is 10.3. The number of fused-ring (bicyclic) bond motifs is 3. The molecule has 0 atom stereocenters. The van der Waals surface area contributed by atoms with E-state index in [9.17, 15) is 0 Å². The number of rotatable bonds is 2. The molecule has 0 unspecified atom stereocenters. The van der Waals surface area contributed by atoms with Crippen LogP contribution in [0.5, 0.6) is 0 Å². The zero-order valence-electron chi connectivity index (χ0n) is 10.1. The third-order valence-corrected chi connectivity index (χ3v) is 3.89. The van der Waals surface area contributed by atoms with E-state index in [4.69, 9.17) is 0 Å². The van der Waals surface area contributed by atoms with E-state index in [0.29, 0.717) is 0 Å². The molecule has 0 saturated heterocycles. The van der Waals surface area contributed by atoms with Gasteiger partial charge in [0.25, 0.3) is 0 Å². The van der Waals surface area contributed by atoms with Crippen LogP contribution >= 0.6 is 0 Å². The van der Waals surface area contributed by atoms with E-state index in [1.807, 2.05) is 6.08 Å². The van der Waals surface area contributed by atoms with E-state index in [0.717, 1.165) is 6.42 Å². The first-order valence-electron chi connectivity index (χ1n) is 6.07. The largest absolute Gasteiger partial charge is 0.103 e. The quantitative estimate of drug-likeness (QED) is 0.651. The van der Waals surface area contributed by atoms with Gasteiger partial charge in [0.1, 0.15) is 0 Å². The lowest BCUT2D eigenvalue weighted by molar-refractivity contribution is 0.597. The zero-order valence-corrected chi connectivity index (χ0v) is 10.1. The molecule has 3 rings (SSSR count). The van der Waals surface area contributed by atoms with Gasteiger partial charge in [-0.15, -0.1) is 6.58 Å². The Balaban J connectivity index is 2.34. The Morgan fingerprint density at radius 3 is 1.88 bits per heavy atom. The van der Waals surface area contributed by atoms with Crippen molar-refractivity contribution in [3.8, 4) is 11.1 Å². The van der Waals surface area contributed by atoms with Crippen LogP contribution in [0.15, 0.2) is 61.2 Å². The smallest absolute Gasteiger partial charge is 0.0221 e. The van der Waals surface area contributed by atoms with Crippen LogP contribution in [0.4, 0.5) is 0 Å². The van der Waals surface area contributed by atoms with E-state index in [1.54, 1.807) is 0 Å². The van der Waals surface area contributed by atoms with E-state index >= 15 is 0 Å². The molecule has 0 aliphatic heterocycles. The Morgan fingerprint density at radius 1 is 0.941 bits per heavy atom. The van der Waals surface area contributed by atoms with Gasteiger partial charge in [0.15, 0.2) is 0 Å². The molecule has 17 heavy (non-hydrogen) atoms. The van der Waals surface area contributed by atoms with Gasteiger partial charge in [0.2, 0.25) is 0 Å². The Hall–Kier alpha value is -1.82. The first-order valence-corrected chi connectivity index (χ1v) is 6.07. The summed E-state index contributed by atoms with van der Waals surface area (Å²) in [7, 11) is 0. The summed E-state index contributed by atoms with van der Waals surface area (Å²) in [6, 6.07) is 17.4. The number of hydrogen-bond donors (Lipinski definition) is 0. The molecule has 0 saturated carbocycles. The molecule has 0 aromatic heterocycles. The first-order chi connectivity index (χ1) is 8.27. The van der Waals surface area contributed by atoms with Gasteiger partial charge >= 0.3 is 0 Å². The summed E-state index contributed by atoms with van der Waals surface area (Å²) in [5.41, 5.74) is 5.72. The summed E-state index contributed by atoms with van der Waals surface area (Å²) in [6.45, 7) is 6.23. The highest BCUT2D eigenvalue weighted by atomic mass is 14.4. The van der Waals surface area contributed by atoms with Crippen LogP contribution in [0, 0.1) is 0 Å². The van der Waals surface area contributed by atoms with Crippen molar-refractivity contribution < 1.29 is 0 Å². The van der Waals surface area contributed by atoms with Gasteiger partial charge < -0.3 is 0 Å². The monoisotopic (exact) mass is 220 g/mol. The fraction of sp³-hybridized carbons (Fsp3) is 0.176. The van der Waals surface area contributed by atoms with Crippen LogP contribution in [0.25, 0.3) is 11.1 Å². The van der Waals surface area contributed by atoms with Crippen LogP contribution in [0.1, 0.15) is 24.5 Å². The normalized spacial score (nSPS) is 15.1. The predicted molar refractivity (Wildman–Crippen MR) is 73.1 cm³/mol. The molecule has 0 heterocycles. The zero-order chi connectivity index (χ0) is 11.9. The fourth-order valence-electron chi connectivity index (χ4n) is 3.05. The summed E-state index contributed by atoms with van der Waals surface area (Å²) >= 11 is 0. The molecule has 2 aromatic carbocycles. The van der Waals surface area contributed by atoms with Crippen molar-refractivity contribution in [1.82, 2.24) is 0 Å². The molecule has 0 spiro atoms. The standard InChI is InChI=1S/C17H16/c1-3-12-17(2)15-10-6-4-8-13(15)14-9-5-7-11-16(14)17/h3-11H,1,12H2,2H3. The van der Waals surface area contributed by atoms with Crippen molar-refractivity contribution in [2.75, 3.05) is 0 Å². The lowest BCUT2D eigenvalue weighted by atomic mass is 9.77. The second-order valence-corrected chi connectivity index (χ2v) is 4.92. The molecule has 0 amide bonds. The molecular formula is C17H16. The van der Waals surface area contributed by atoms with E-state index in [1.165, 1.54) is 22.3 Å². The molecule has 0 nitrogen and oxygen atoms in total. The Labute approximate surface area is 103 Å². The summed E-state index contributed by atoms with van der Waals surface area (Å²) in [5.74, 6) is 0. The van der Waals surface area contributed by atoms with Gasteiger partial charge in [-0.3, -0.25) is 0 Å². The van der Waals surface area contributed by atoms with Crippen LogP contribution < -0.4 is 0 Å². The average Bonchev–Trinajstić information content (AvgIpc) is 2.62. The lowest BCUT2D eigenvalue weighted by Crippen LogP contribution is -2.19. The SMILES string of the molecule is C=CCC1(C)c2ccccc2-c2ccccc21. The maximum absolute atomic E-state index is 3.92.